The summed E-state index contributed by atoms with van der Waals surface area (Å²) in [4.78, 5) is 0. The number of nitrogens with zero attached hydrogens (tertiary/aromatic N) is 3. The lowest BCUT2D eigenvalue weighted by molar-refractivity contribution is 0.464. The lowest BCUT2D eigenvalue weighted by atomic mass is 10.1. The summed E-state index contributed by atoms with van der Waals surface area (Å²) in [6.45, 7) is 5.05. The number of nitriles is 1. The van der Waals surface area contributed by atoms with Crippen LogP contribution in [-0.2, 0) is 6.54 Å². The maximum Gasteiger partial charge on any atom is 0.0672 e. The number of hydrogen-bond acceptors (Lipinski definition) is 3. The SMILES string of the molecule is CC(C)n1cc(CNC2CCCC2C#N)cn1. The fourth-order valence-electron chi connectivity index (χ4n) is 2.36. The van der Waals surface area contributed by atoms with Crippen LogP contribution in [0.25, 0.3) is 0 Å². The van der Waals surface area contributed by atoms with E-state index in [1.807, 2.05) is 10.9 Å². The Labute approximate surface area is 103 Å². The Bertz CT molecular complexity index is 402. The third-order valence-corrected chi connectivity index (χ3v) is 3.43. The molecular weight excluding hydrogens is 212 g/mol. The number of nitrogens with one attached hydrogen (secondary N) is 1. The van der Waals surface area contributed by atoms with Gasteiger partial charge in [-0.05, 0) is 26.7 Å². The van der Waals surface area contributed by atoms with Crippen molar-refractivity contribution in [3.8, 4) is 6.07 Å². The van der Waals surface area contributed by atoms with Crippen molar-refractivity contribution in [2.45, 2.75) is 51.7 Å². The Kier molecular flexibility index (Phi) is 3.80. The van der Waals surface area contributed by atoms with Crippen molar-refractivity contribution in [1.82, 2.24) is 15.1 Å². The zero-order chi connectivity index (χ0) is 12.3. The summed E-state index contributed by atoms with van der Waals surface area (Å²) in [5.74, 6) is 0.190. The molecule has 2 unspecified atom stereocenters. The molecule has 92 valence electrons. The van der Waals surface area contributed by atoms with Crippen molar-refractivity contribution in [2.24, 2.45) is 5.92 Å². The molecule has 1 heterocycles. The highest BCUT2D eigenvalue weighted by Crippen LogP contribution is 2.25. The highest BCUT2D eigenvalue weighted by Gasteiger charge is 2.26. The molecule has 4 heteroatoms. The topological polar surface area (TPSA) is 53.6 Å². The maximum absolute atomic E-state index is 9.00. The highest BCUT2D eigenvalue weighted by molar-refractivity contribution is 5.05. The van der Waals surface area contributed by atoms with E-state index < -0.39 is 0 Å². The van der Waals surface area contributed by atoms with Crippen molar-refractivity contribution in [2.75, 3.05) is 0 Å². The van der Waals surface area contributed by atoms with Gasteiger partial charge in [0.1, 0.15) is 0 Å². The predicted octanol–water partition coefficient (Wildman–Crippen LogP) is 2.25. The molecule has 1 N–H and O–H groups in total. The molecule has 1 aromatic rings. The Hall–Kier alpha value is -1.34. The first-order chi connectivity index (χ1) is 8.20. The van der Waals surface area contributed by atoms with Gasteiger partial charge in [0.25, 0.3) is 0 Å². The van der Waals surface area contributed by atoms with Gasteiger partial charge in [0.05, 0.1) is 18.2 Å². The largest absolute Gasteiger partial charge is 0.308 e. The minimum atomic E-state index is 0.190. The molecule has 17 heavy (non-hydrogen) atoms. The Morgan fingerprint density at radius 3 is 3.06 bits per heavy atom. The first kappa shape index (κ1) is 12.1. The number of rotatable bonds is 4. The third kappa shape index (κ3) is 2.86. The van der Waals surface area contributed by atoms with Gasteiger partial charge in [-0.3, -0.25) is 4.68 Å². The van der Waals surface area contributed by atoms with Crippen LogP contribution >= 0.6 is 0 Å². The van der Waals surface area contributed by atoms with E-state index in [4.69, 9.17) is 5.26 Å². The van der Waals surface area contributed by atoms with Crippen LogP contribution < -0.4 is 5.32 Å². The summed E-state index contributed by atoms with van der Waals surface area (Å²) in [6.07, 6.45) is 7.31. The van der Waals surface area contributed by atoms with Crippen molar-refractivity contribution in [1.29, 1.82) is 5.26 Å². The predicted molar refractivity (Wildman–Crippen MR) is 66.2 cm³/mol. The average molecular weight is 232 g/mol. The minimum Gasteiger partial charge on any atom is -0.308 e. The second kappa shape index (κ2) is 5.33. The number of hydrogen-bond donors (Lipinski definition) is 1. The molecule has 0 saturated heterocycles. The summed E-state index contributed by atoms with van der Waals surface area (Å²) in [7, 11) is 0. The lowest BCUT2D eigenvalue weighted by Gasteiger charge is -2.14. The third-order valence-electron chi connectivity index (χ3n) is 3.43. The van der Waals surface area contributed by atoms with Crippen LogP contribution in [0.15, 0.2) is 12.4 Å². The molecule has 1 fully saturated rings. The fourth-order valence-corrected chi connectivity index (χ4v) is 2.36. The van der Waals surface area contributed by atoms with E-state index >= 15 is 0 Å². The standard InChI is InChI=1S/C13H20N4/c1-10(2)17-9-11(8-16-17)7-15-13-5-3-4-12(13)6-14/h8-10,12-13,15H,3-5,7H2,1-2H3. The van der Waals surface area contributed by atoms with Crippen molar-refractivity contribution < 1.29 is 0 Å². The molecule has 0 amide bonds. The van der Waals surface area contributed by atoms with E-state index in [1.54, 1.807) is 0 Å². The molecule has 4 nitrogen and oxygen atoms in total. The molecular formula is C13H20N4. The van der Waals surface area contributed by atoms with Gasteiger partial charge in [-0.1, -0.05) is 6.42 Å². The maximum atomic E-state index is 9.00. The van der Waals surface area contributed by atoms with Crippen LogP contribution in [0.5, 0.6) is 0 Å². The molecule has 0 bridgehead atoms. The first-order valence-electron chi connectivity index (χ1n) is 6.36. The zero-order valence-electron chi connectivity index (χ0n) is 10.6. The molecule has 0 radical (unpaired) electrons. The van der Waals surface area contributed by atoms with Crippen LogP contribution in [0.1, 0.15) is 44.7 Å². The van der Waals surface area contributed by atoms with Gasteiger partial charge in [-0.2, -0.15) is 10.4 Å². The van der Waals surface area contributed by atoms with E-state index in [9.17, 15) is 0 Å². The smallest absolute Gasteiger partial charge is 0.0672 e. The molecule has 2 atom stereocenters. The van der Waals surface area contributed by atoms with E-state index in [2.05, 4.69) is 36.5 Å². The normalized spacial score (nSPS) is 24.1. The van der Waals surface area contributed by atoms with Gasteiger partial charge in [-0.25, -0.2) is 0 Å². The van der Waals surface area contributed by atoms with Crippen molar-refractivity contribution >= 4 is 0 Å². The second-order valence-corrected chi connectivity index (χ2v) is 5.08. The van der Waals surface area contributed by atoms with Crippen molar-refractivity contribution in [3.05, 3.63) is 18.0 Å². The summed E-state index contributed by atoms with van der Waals surface area (Å²) < 4.78 is 1.97. The fraction of sp³-hybridized carbons (Fsp3) is 0.692. The second-order valence-electron chi connectivity index (χ2n) is 5.08. The Morgan fingerprint density at radius 2 is 2.41 bits per heavy atom. The minimum absolute atomic E-state index is 0.190. The van der Waals surface area contributed by atoms with Crippen LogP contribution in [0.2, 0.25) is 0 Å². The number of aromatic nitrogens is 2. The van der Waals surface area contributed by atoms with E-state index in [0.717, 1.165) is 19.4 Å². The van der Waals surface area contributed by atoms with Crippen LogP contribution in [0.4, 0.5) is 0 Å². The molecule has 1 aliphatic rings. The molecule has 0 spiro atoms. The summed E-state index contributed by atoms with van der Waals surface area (Å²) in [6, 6.07) is 3.16. The van der Waals surface area contributed by atoms with Crippen molar-refractivity contribution in [3.63, 3.8) is 0 Å². The van der Waals surface area contributed by atoms with Crippen LogP contribution in [-0.4, -0.2) is 15.8 Å². The quantitative estimate of drug-likeness (QED) is 0.866. The summed E-state index contributed by atoms with van der Waals surface area (Å²) in [5.41, 5.74) is 1.20. The van der Waals surface area contributed by atoms with Crippen LogP contribution in [0.3, 0.4) is 0 Å². The highest BCUT2D eigenvalue weighted by atomic mass is 15.3. The Morgan fingerprint density at radius 1 is 1.59 bits per heavy atom. The van der Waals surface area contributed by atoms with Gasteiger partial charge in [0.2, 0.25) is 0 Å². The summed E-state index contributed by atoms with van der Waals surface area (Å²) in [5, 5.41) is 16.8. The monoisotopic (exact) mass is 232 g/mol. The van der Waals surface area contributed by atoms with Gasteiger partial charge >= 0.3 is 0 Å². The van der Waals surface area contributed by atoms with Gasteiger partial charge in [0, 0.05) is 30.4 Å². The van der Waals surface area contributed by atoms with E-state index in [1.165, 1.54) is 12.0 Å². The Balaban J connectivity index is 1.87. The zero-order valence-corrected chi connectivity index (χ0v) is 10.6. The average Bonchev–Trinajstić information content (AvgIpc) is 2.95. The molecule has 0 aromatic carbocycles. The van der Waals surface area contributed by atoms with Gasteiger partial charge < -0.3 is 5.32 Å². The molecule has 1 saturated carbocycles. The molecule has 2 rings (SSSR count). The van der Waals surface area contributed by atoms with Crippen LogP contribution in [0, 0.1) is 17.2 Å². The molecule has 1 aromatic heterocycles. The van der Waals surface area contributed by atoms with Gasteiger partial charge in [-0.15, -0.1) is 0 Å². The first-order valence-corrected chi connectivity index (χ1v) is 6.36. The molecule has 0 aliphatic heterocycles. The molecule has 1 aliphatic carbocycles. The summed E-state index contributed by atoms with van der Waals surface area (Å²) >= 11 is 0. The lowest BCUT2D eigenvalue weighted by Crippen LogP contribution is -2.31. The van der Waals surface area contributed by atoms with E-state index in [0.29, 0.717) is 12.1 Å². The van der Waals surface area contributed by atoms with Gasteiger partial charge in [0.15, 0.2) is 0 Å². The van der Waals surface area contributed by atoms with E-state index in [-0.39, 0.29) is 5.92 Å².